The average molecular weight is 302 g/mol. The molecule has 0 saturated heterocycles. The minimum Gasteiger partial charge on any atom is -0.296 e. The Morgan fingerprint density at radius 1 is 1.26 bits per heavy atom. The smallest absolute Gasteiger partial charge is 0.176 e. The lowest BCUT2D eigenvalue weighted by Gasteiger charge is -2.34. The van der Waals surface area contributed by atoms with Crippen molar-refractivity contribution in [3.63, 3.8) is 0 Å². The van der Waals surface area contributed by atoms with Crippen molar-refractivity contribution in [2.24, 2.45) is 5.41 Å². The van der Waals surface area contributed by atoms with Gasteiger partial charge in [-0.2, -0.15) is 0 Å². The topological polar surface area (TPSA) is 20.3 Å². The van der Waals surface area contributed by atoms with E-state index in [2.05, 4.69) is 32.6 Å². The van der Waals surface area contributed by atoms with Gasteiger partial charge in [0.25, 0.3) is 0 Å². The molecule has 0 aliphatic carbocycles. The number of carbonyl (C=O) groups is 1. The van der Waals surface area contributed by atoms with E-state index in [1.54, 1.807) is 18.2 Å². The van der Waals surface area contributed by atoms with E-state index in [0.29, 0.717) is 28.2 Å². The molecule has 0 aliphatic heterocycles. The number of carbonyl (C=O) groups excluding carboxylic acids is 1. The zero-order chi connectivity index (χ0) is 14.8. The third-order valence-electron chi connectivity index (χ3n) is 3.55. The summed E-state index contributed by atoms with van der Waals surface area (Å²) in [5, 5.41) is 0.883. The van der Waals surface area contributed by atoms with Crippen LogP contribution in [0.15, 0.2) is 18.2 Å². The molecule has 1 aromatic rings. The summed E-state index contributed by atoms with van der Waals surface area (Å²) in [6, 6.07) is 5.30. The molecule has 1 rings (SSSR count). The fourth-order valence-electron chi connectivity index (χ4n) is 1.79. The zero-order valence-corrected chi connectivity index (χ0v) is 13.6. The first kappa shape index (κ1) is 16.5. The Hall–Kier alpha value is -0.570. The number of halogens is 2. The number of rotatable bonds is 4. The Morgan fingerprint density at radius 3 is 2.32 bits per heavy atom. The van der Waals surface area contributed by atoms with Crippen molar-refractivity contribution in [3.8, 4) is 0 Å². The summed E-state index contributed by atoms with van der Waals surface area (Å²) in [7, 11) is 1.96. The van der Waals surface area contributed by atoms with Crippen molar-refractivity contribution >= 4 is 29.0 Å². The van der Waals surface area contributed by atoms with Gasteiger partial charge in [-0.3, -0.25) is 9.69 Å². The first-order valence-corrected chi connectivity index (χ1v) is 7.07. The Morgan fingerprint density at radius 2 is 1.84 bits per heavy atom. The second-order valence-corrected chi connectivity index (χ2v) is 6.82. The summed E-state index contributed by atoms with van der Waals surface area (Å²) in [5.41, 5.74) is 0.731. The maximum absolute atomic E-state index is 12.2. The van der Waals surface area contributed by atoms with E-state index in [9.17, 15) is 4.79 Å². The molecule has 1 aromatic carbocycles. The van der Waals surface area contributed by atoms with Crippen LogP contribution in [0.3, 0.4) is 0 Å². The van der Waals surface area contributed by atoms with Crippen LogP contribution in [0.4, 0.5) is 0 Å². The number of ketones is 1. The molecule has 0 saturated carbocycles. The van der Waals surface area contributed by atoms with Crippen molar-refractivity contribution in [2.45, 2.75) is 33.7 Å². The molecule has 0 aromatic heterocycles. The van der Waals surface area contributed by atoms with Crippen LogP contribution in [0, 0.1) is 5.41 Å². The quantitative estimate of drug-likeness (QED) is 0.761. The van der Waals surface area contributed by atoms with E-state index in [4.69, 9.17) is 23.2 Å². The Bertz CT molecular complexity index is 466. The van der Waals surface area contributed by atoms with Crippen LogP contribution < -0.4 is 0 Å². The summed E-state index contributed by atoms with van der Waals surface area (Å²) in [6.45, 7) is 8.99. The zero-order valence-electron chi connectivity index (χ0n) is 12.1. The van der Waals surface area contributed by atoms with Gasteiger partial charge in [0.1, 0.15) is 0 Å². The SMILES string of the molecule is CC(N(C)CC(=O)c1ccc(Cl)c(Cl)c1)C(C)(C)C. The van der Waals surface area contributed by atoms with Crippen LogP contribution in [0.5, 0.6) is 0 Å². The predicted molar refractivity (Wildman–Crippen MR) is 82.3 cm³/mol. The molecule has 0 radical (unpaired) electrons. The number of likely N-dealkylation sites (N-methyl/N-ethyl adjacent to an activating group) is 1. The van der Waals surface area contributed by atoms with Crippen molar-refractivity contribution < 1.29 is 4.79 Å². The van der Waals surface area contributed by atoms with Gasteiger partial charge in [-0.05, 0) is 37.6 Å². The molecule has 19 heavy (non-hydrogen) atoms. The third-order valence-corrected chi connectivity index (χ3v) is 4.29. The lowest BCUT2D eigenvalue weighted by atomic mass is 9.87. The van der Waals surface area contributed by atoms with E-state index in [1.807, 2.05) is 7.05 Å². The second-order valence-electron chi connectivity index (χ2n) is 6.01. The van der Waals surface area contributed by atoms with E-state index >= 15 is 0 Å². The number of nitrogens with zero attached hydrogens (tertiary/aromatic N) is 1. The highest BCUT2D eigenvalue weighted by Gasteiger charge is 2.25. The summed E-state index contributed by atoms with van der Waals surface area (Å²) < 4.78 is 0. The summed E-state index contributed by atoms with van der Waals surface area (Å²) in [6.07, 6.45) is 0. The molecule has 1 atom stereocenters. The maximum Gasteiger partial charge on any atom is 0.176 e. The Balaban J connectivity index is 2.77. The molecule has 0 amide bonds. The minimum absolute atomic E-state index is 0.0529. The van der Waals surface area contributed by atoms with Crippen LogP contribution in [0.1, 0.15) is 38.1 Å². The minimum atomic E-state index is 0.0529. The lowest BCUT2D eigenvalue weighted by Crippen LogP contribution is -2.41. The van der Waals surface area contributed by atoms with Crippen LogP contribution in [-0.2, 0) is 0 Å². The van der Waals surface area contributed by atoms with E-state index in [-0.39, 0.29) is 11.2 Å². The second kappa shape index (κ2) is 6.25. The summed E-state index contributed by atoms with van der Waals surface area (Å²) in [5.74, 6) is 0.0529. The molecule has 4 heteroatoms. The van der Waals surface area contributed by atoms with Crippen LogP contribution in [0.2, 0.25) is 10.0 Å². The fourth-order valence-corrected chi connectivity index (χ4v) is 2.08. The third kappa shape index (κ3) is 4.48. The van der Waals surface area contributed by atoms with Gasteiger partial charge < -0.3 is 0 Å². The van der Waals surface area contributed by atoms with Crippen LogP contribution in [0.25, 0.3) is 0 Å². The standard InChI is InChI=1S/C15H21Cl2NO/c1-10(15(2,3)4)18(5)9-14(19)11-6-7-12(16)13(17)8-11/h6-8,10H,9H2,1-5H3. The molecule has 0 spiro atoms. The van der Waals surface area contributed by atoms with Crippen LogP contribution in [-0.4, -0.2) is 30.3 Å². The summed E-state index contributed by atoms with van der Waals surface area (Å²) >= 11 is 11.8. The van der Waals surface area contributed by atoms with Gasteiger partial charge >= 0.3 is 0 Å². The largest absolute Gasteiger partial charge is 0.296 e. The van der Waals surface area contributed by atoms with Gasteiger partial charge in [-0.15, -0.1) is 0 Å². The highest BCUT2D eigenvalue weighted by Crippen LogP contribution is 2.25. The van der Waals surface area contributed by atoms with Crippen LogP contribution >= 0.6 is 23.2 Å². The maximum atomic E-state index is 12.2. The van der Waals surface area contributed by atoms with Gasteiger partial charge in [0.2, 0.25) is 0 Å². The Labute approximate surface area is 125 Å². The van der Waals surface area contributed by atoms with Crippen molar-refractivity contribution in [2.75, 3.05) is 13.6 Å². The molecule has 1 unspecified atom stereocenters. The van der Waals surface area contributed by atoms with E-state index in [0.717, 1.165) is 0 Å². The van der Waals surface area contributed by atoms with Gasteiger partial charge in [-0.25, -0.2) is 0 Å². The molecule has 0 N–H and O–H groups in total. The first-order chi connectivity index (χ1) is 8.62. The molecular weight excluding hydrogens is 281 g/mol. The molecule has 0 aliphatic rings. The van der Waals surface area contributed by atoms with Gasteiger partial charge in [0.05, 0.1) is 16.6 Å². The lowest BCUT2D eigenvalue weighted by molar-refractivity contribution is 0.0853. The first-order valence-electron chi connectivity index (χ1n) is 6.31. The van der Waals surface area contributed by atoms with Gasteiger partial charge in [0.15, 0.2) is 5.78 Å². The Kier molecular flexibility index (Phi) is 5.43. The fraction of sp³-hybridized carbons (Fsp3) is 0.533. The summed E-state index contributed by atoms with van der Waals surface area (Å²) in [4.78, 5) is 14.3. The molecular formula is C15H21Cl2NO. The van der Waals surface area contributed by atoms with Crippen molar-refractivity contribution in [1.82, 2.24) is 4.90 Å². The number of benzene rings is 1. The molecule has 2 nitrogen and oxygen atoms in total. The van der Waals surface area contributed by atoms with Gasteiger partial charge in [0, 0.05) is 11.6 Å². The molecule has 0 heterocycles. The monoisotopic (exact) mass is 301 g/mol. The highest BCUT2D eigenvalue weighted by molar-refractivity contribution is 6.42. The predicted octanol–water partition coefficient (Wildman–Crippen LogP) is 4.54. The molecule has 0 fully saturated rings. The normalized spacial score (nSPS) is 13.7. The number of Topliss-reactive ketones (excluding diaryl/α,β-unsaturated/α-hetero) is 1. The highest BCUT2D eigenvalue weighted by atomic mass is 35.5. The molecule has 0 bridgehead atoms. The van der Waals surface area contributed by atoms with Crippen molar-refractivity contribution in [1.29, 1.82) is 0 Å². The van der Waals surface area contributed by atoms with E-state index in [1.165, 1.54) is 0 Å². The van der Waals surface area contributed by atoms with E-state index < -0.39 is 0 Å². The number of hydrogen-bond donors (Lipinski definition) is 0. The van der Waals surface area contributed by atoms with Gasteiger partial charge in [-0.1, -0.05) is 44.0 Å². The number of hydrogen-bond acceptors (Lipinski definition) is 2. The molecule has 106 valence electrons. The average Bonchev–Trinajstić information content (AvgIpc) is 2.30. The van der Waals surface area contributed by atoms with Crippen molar-refractivity contribution in [3.05, 3.63) is 33.8 Å².